The zero-order valence-electron chi connectivity index (χ0n) is 24.6. The summed E-state index contributed by atoms with van der Waals surface area (Å²) in [6, 6.07) is 19.0. The number of hydrogen-bond donors (Lipinski definition) is 0. The van der Waals surface area contributed by atoms with E-state index in [-0.39, 0.29) is 51.0 Å². The molecule has 0 radical (unpaired) electrons. The maximum Gasteiger partial charge on any atom is 4.00 e. The van der Waals surface area contributed by atoms with Crippen LogP contribution in [0, 0.1) is 0 Å². The SMILES string of the molecule is CCc1cc2c(C(C)C)cc(C(C)C)cc2[cH-]1.CCc1cc2c(C(C)C)cc(C(C)C)cc2[cH-]1.[Cl-].[Cl-].[Zr+4]. The molecule has 0 bridgehead atoms. The Morgan fingerprint density at radius 3 is 1.08 bits per heavy atom. The van der Waals surface area contributed by atoms with Crippen molar-refractivity contribution in [3.8, 4) is 0 Å². The maximum absolute atomic E-state index is 2.40. The van der Waals surface area contributed by atoms with Crippen LogP contribution in [0.5, 0.6) is 0 Å². The first kappa shape index (κ1) is 36.1. The summed E-state index contributed by atoms with van der Waals surface area (Å²) in [4.78, 5) is 0. The van der Waals surface area contributed by atoms with Crippen molar-refractivity contribution in [1.82, 2.24) is 0 Å². The minimum atomic E-state index is 0. The molecule has 3 heteroatoms. The van der Waals surface area contributed by atoms with Crippen molar-refractivity contribution >= 4 is 21.5 Å². The van der Waals surface area contributed by atoms with Gasteiger partial charge in [0.25, 0.3) is 0 Å². The first-order valence-electron chi connectivity index (χ1n) is 13.5. The van der Waals surface area contributed by atoms with Crippen LogP contribution in [0.1, 0.15) is 126 Å². The number of halogens is 2. The van der Waals surface area contributed by atoms with E-state index in [9.17, 15) is 0 Å². The van der Waals surface area contributed by atoms with Gasteiger partial charge in [-0.1, -0.05) is 104 Å². The van der Waals surface area contributed by atoms with Gasteiger partial charge in [0, 0.05) is 0 Å². The summed E-state index contributed by atoms with van der Waals surface area (Å²) in [6.45, 7) is 22.7. The van der Waals surface area contributed by atoms with E-state index >= 15 is 0 Å². The van der Waals surface area contributed by atoms with Gasteiger partial charge in [-0.3, -0.25) is 0 Å². The van der Waals surface area contributed by atoms with Gasteiger partial charge in [0.1, 0.15) is 0 Å². The average Bonchev–Trinajstić information content (AvgIpc) is 3.40. The third-order valence-electron chi connectivity index (χ3n) is 7.27. The third kappa shape index (κ3) is 8.55. The van der Waals surface area contributed by atoms with Crippen molar-refractivity contribution in [2.75, 3.05) is 0 Å². The predicted molar refractivity (Wildman–Crippen MR) is 154 cm³/mol. The van der Waals surface area contributed by atoms with Gasteiger partial charge in [-0.05, 0) is 36.5 Å². The molecule has 0 fully saturated rings. The molecule has 0 aliphatic heterocycles. The summed E-state index contributed by atoms with van der Waals surface area (Å²) in [7, 11) is 0. The fourth-order valence-electron chi connectivity index (χ4n) is 4.90. The fraction of sp³-hybridized carbons (Fsp3) is 0.471. The summed E-state index contributed by atoms with van der Waals surface area (Å²) in [5.41, 5.74) is 8.87. The molecule has 0 saturated heterocycles. The molecule has 37 heavy (non-hydrogen) atoms. The first-order chi connectivity index (χ1) is 16.0. The van der Waals surface area contributed by atoms with Crippen molar-refractivity contribution in [3.63, 3.8) is 0 Å². The molecule has 0 saturated carbocycles. The molecule has 200 valence electrons. The third-order valence-corrected chi connectivity index (χ3v) is 7.27. The van der Waals surface area contributed by atoms with Crippen molar-refractivity contribution in [3.05, 3.63) is 81.9 Å². The van der Waals surface area contributed by atoms with E-state index in [2.05, 4.69) is 118 Å². The minimum Gasteiger partial charge on any atom is -1.00 e. The molecule has 0 atom stereocenters. The summed E-state index contributed by atoms with van der Waals surface area (Å²) in [5.74, 6) is 2.42. The molecule has 0 N–H and O–H groups in total. The summed E-state index contributed by atoms with van der Waals surface area (Å²) >= 11 is 0. The van der Waals surface area contributed by atoms with Gasteiger partial charge in [0.15, 0.2) is 0 Å². The molecule has 0 aromatic heterocycles. The molecule has 4 rings (SSSR count). The van der Waals surface area contributed by atoms with E-state index < -0.39 is 0 Å². The first-order valence-corrected chi connectivity index (χ1v) is 13.5. The molecule has 0 amide bonds. The second-order valence-corrected chi connectivity index (χ2v) is 11.3. The van der Waals surface area contributed by atoms with Crippen molar-refractivity contribution in [1.29, 1.82) is 0 Å². The largest absolute Gasteiger partial charge is 4.00 e. The second-order valence-electron chi connectivity index (χ2n) is 11.3. The maximum atomic E-state index is 2.40. The number of aryl methyl sites for hydroxylation is 2. The molecular formula is C34H46Cl2Zr. The second kappa shape index (κ2) is 15.6. The van der Waals surface area contributed by atoms with Gasteiger partial charge in [0.05, 0.1) is 0 Å². The zero-order valence-corrected chi connectivity index (χ0v) is 28.6. The Labute approximate surface area is 258 Å². The van der Waals surface area contributed by atoms with Crippen LogP contribution >= 0.6 is 0 Å². The quantitative estimate of drug-likeness (QED) is 0.275. The smallest absolute Gasteiger partial charge is 1.00 e. The van der Waals surface area contributed by atoms with Gasteiger partial charge in [-0.15, -0.1) is 56.9 Å². The van der Waals surface area contributed by atoms with Crippen molar-refractivity contribution < 1.29 is 51.0 Å². The molecule has 0 nitrogen and oxygen atoms in total. The Morgan fingerprint density at radius 2 is 0.838 bits per heavy atom. The topological polar surface area (TPSA) is 0 Å². The number of rotatable bonds is 6. The van der Waals surface area contributed by atoms with Crippen molar-refractivity contribution in [2.24, 2.45) is 0 Å². The van der Waals surface area contributed by atoms with E-state index in [1.165, 1.54) is 54.9 Å². The summed E-state index contributed by atoms with van der Waals surface area (Å²) < 4.78 is 0. The van der Waals surface area contributed by atoms with Crippen molar-refractivity contribution in [2.45, 2.75) is 106 Å². The van der Waals surface area contributed by atoms with Crippen LogP contribution in [0.15, 0.2) is 48.5 Å². The standard InChI is InChI=1S/2C17H23.2ClH.Zr/c2*1-6-13-7-15-9-14(11(2)3)10-16(12(4)5)17(15)8-13;;;/h2*7-12H,6H2,1-5H3;2*1H;/q2*-1;;;+4/p-2. The monoisotopic (exact) mass is 614 g/mol. The number of benzene rings is 2. The van der Waals surface area contributed by atoms with E-state index in [0.29, 0.717) is 23.7 Å². The van der Waals surface area contributed by atoms with Crippen LogP contribution in [-0.4, -0.2) is 0 Å². The number of fused-ring (bicyclic) bond motifs is 2. The van der Waals surface area contributed by atoms with Crippen LogP contribution in [0.4, 0.5) is 0 Å². The van der Waals surface area contributed by atoms with Crippen LogP contribution in [0.25, 0.3) is 21.5 Å². The normalized spacial score (nSPS) is 11.0. The average molecular weight is 617 g/mol. The molecule has 4 aromatic carbocycles. The molecule has 0 spiro atoms. The van der Waals surface area contributed by atoms with Gasteiger partial charge in [-0.25, -0.2) is 0 Å². The van der Waals surface area contributed by atoms with Crippen LogP contribution in [0.3, 0.4) is 0 Å². The Balaban J connectivity index is 0.000000648. The Bertz CT molecular complexity index is 1140. The van der Waals surface area contributed by atoms with E-state index in [1.807, 2.05) is 0 Å². The molecule has 4 aromatic rings. The van der Waals surface area contributed by atoms with Crippen LogP contribution < -0.4 is 24.8 Å². The Hall–Kier alpha value is -0.877. The Kier molecular flexibility index (Phi) is 15.3. The van der Waals surface area contributed by atoms with Gasteiger partial charge < -0.3 is 24.8 Å². The minimum absolute atomic E-state index is 0. The molecule has 0 aliphatic rings. The van der Waals surface area contributed by atoms with Crippen LogP contribution in [-0.2, 0) is 39.0 Å². The van der Waals surface area contributed by atoms with Gasteiger partial charge in [-0.2, -0.15) is 12.1 Å². The molecule has 0 heterocycles. The summed E-state index contributed by atoms with van der Waals surface area (Å²) in [5, 5.41) is 5.77. The zero-order chi connectivity index (χ0) is 25.2. The fourth-order valence-corrected chi connectivity index (χ4v) is 4.90. The van der Waals surface area contributed by atoms with Gasteiger partial charge >= 0.3 is 26.2 Å². The van der Waals surface area contributed by atoms with E-state index in [1.54, 1.807) is 0 Å². The van der Waals surface area contributed by atoms with E-state index in [4.69, 9.17) is 0 Å². The number of hydrogen-bond acceptors (Lipinski definition) is 0. The molecule has 0 aliphatic carbocycles. The van der Waals surface area contributed by atoms with E-state index in [0.717, 1.165) is 12.8 Å². The van der Waals surface area contributed by atoms with Gasteiger partial charge in [0.2, 0.25) is 0 Å². The molecule has 0 unspecified atom stereocenters. The Morgan fingerprint density at radius 1 is 0.514 bits per heavy atom. The predicted octanol–water partition coefficient (Wildman–Crippen LogP) is 4.74. The van der Waals surface area contributed by atoms with Crippen LogP contribution in [0.2, 0.25) is 0 Å². The molecular weight excluding hydrogens is 571 g/mol. The summed E-state index contributed by atoms with van der Waals surface area (Å²) in [6.07, 6.45) is 2.26.